The van der Waals surface area contributed by atoms with E-state index in [4.69, 9.17) is 10.5 Å². The summed E-state index contributed by atoms with van der Waals surface area (Å²) in [6, 6.07) is 0.270. The Labute approximate surface area is 116 Å². The zero-order valence-electron chi connectivity index (χ0n) is 12.2. The van der Waals surface area contributed by atoms with Gasteiger partial charge in [-0.25, -0.2) is 0 Å². The molecule has 0 spiro atoms. The monoisotopic (exact) mass is 269 g/mol. The molecule has 2 saturated heterocycles. The molecule has 0 aromatic carbocycles. The van der Waals surface area contributed by atoms with Crippen LogP contribution in [0.15, 0.2) is 0 Å². The maximum Gasteiger partial charge on any atom is 0.230 e. The van der Waals surface area contributed by atoms with Crippen LogP contribution in [0.25, 0.3) is 0 Å². The van der Waals surface area contributed by atoms with Crippen LogP contribution in [0.1, 0.15) is 26.2 Å². The van der Waals surface area contributed by atoms with Crippen LogP contribution in [-0.2, 0) is 9.53 Å². The molecule has 5 nitrogen and oxygen atoms in total. The number of carbonyl (C=O) groups excluding carboxylic acids is 1. The van der Waals surface area contributed by atoms with Crippen LogP contribution in [0.5, 0.6) is 0 Å². The molecule has 19 heavy (non-hydrogen) atoms. The lowest BCUT2D eigenvalue weighted by atomic mass is 9.78. The fourth-order valence-electron chi connectivity index (χ4n) is 3.25. The van der Waals surface area contributed by atoms with E-state index in [-0.39, 0.29) is 17.4 Å². The first-order chi connectivity index (χ1) is 9.09. The normalized spacial score (nSPS) is 29.0. The Balaban J connectivity index is 2.11. The fraction of sp³-hybridized carbons (Fsp3) is 0.929. The number of nitrogens with two attached hydrogens (primary N) is 1. The maximum absolute atomic E-state index is 12.9. The summed E-state index contributed by atoms with van der Waals surface area (Å²) >= 11 is 0. The van der Waals surface area contributed by atoms with Gasteiger partial charge in [-0.05, 0) is 39.8 Å². The smallest absolute Gasteiger partial charge is 0.230 e. The molecule has 5 heteroatoms. The van der Waals surface area contributed by atoms with E-state index in [9.17, 15) is 4.79 Å². The minimum absolute atomic E-state index is 0.251. The largest absolute Gasteiger partial charge is 0.381 e. The van der Waals surface area contributed by atoms with Gasteiger partial charge in [-0.15, -0.1) is 0 Å². The van der Waals surface area contributed by atoms with Gasteiger partial charge in [0.15, 0.2) is 0 Å². The van der Waals surface area contributed by atoms with E-state index < -0.39 is 0 Å². The zero-order valence-corrected chi connectivity index (χ0v) is 12.2. The second-order valence-corrected chi connectivity index (χ2v) is 6.06. The Hall–Kier alpha value is -0.650. The molecule has 2 aliphatic rings. The van der Waals surface area contributed by atoms with E-state index in [0.29, 0.717) is 19.8 Å². The van der Waals surface area contributed by atoms with Gasteiger partial charge in [0, 0.05) is 38.9 Å². The zero-order chi connectivity index (χ0) is 13.9. The van der Waals surface area contributed by atoms with Gasteiger partial charge in [0.2, 0.25) is 5.91 Å². The molecule has 1 amide bonds. The third-order valence-electron chi connectivity index (χ3n) is 4.60. The minimum atomic E-state index is -0.380. The fourth-order valence-corrected chi connectivity index (χ4v) is 3.25. The Morgan fingerprint density at radius 3 is 2.68 bits per heavy atom. The van der Waals surface area contributed by atoms with E-state index in [1.54, 1.807) is 0 Å². The van der Waals surface area contributed by atoms with E-state index in [1.165, 1.54) is 0 Å². The van der Waals surface area contributed by atoms with Crippen molar-refractivity contribution < 1.29 is 9.53 Å². The summed E-state index contributed by atoms with van der Waals surface area (Å²) in [4.78, 5) is 17.3. The number of nitrogens with zero attached hydrogens (tertiary/aromatic N) is 2. The molecule has 2 rings (SSSR count). The Morgan fingerprint density at radius 2 is 2.05 bits per heavy atom. The first-order valence-corrected chi connectivity index (χ1v) is 7.36. The maximum atomic E-state index is 12.9. The molecule has 1 unspecified atom stereocenters. The van der Waals surface area contributed by atoms with Crippen molar-refractivity contribution in [3.05, 3.63) is 0 Å². The lowest BCUT2D eigenvalue weighted by molar-refractivity contribution is -0.149. The third-order valence-corrected chi connectivity index (χ3v) is 4.60. The minimum Gasteiger partial charge on any atom is -0.381 e. The number of hydrogen-bond acceptors (Lipinski definition) is 4. The van der Waals surface area contributed by atoms with E-state index in [2.05, 4.69) is 23.8 Å². The predicted molar refractivity (Wildman–Crippen MR) is 74.8 cm³/mol. The molecule has 0 saturated carbocycles. The quantitative estimate of drug-likeness (QED) is 0.783. The topological polar surface area (TPSA) is 58.8 Å². The average molecular weight is 269 g/mol. The van der Waals surface area contributed by atoms with Gasteiger partial charge < -0.3 is 20.3 Å². The second kappa shape index (κ2) is 6.20. The molecule has 0 radical (unpaired) electrons. The standard InChI is InChI=1S/C14H27N3O2/c1-12-10-16(2)6-3-7-17(12)13(18)14(11-15)4-8-19-9-5-14/h12H,3-11,15H2,1-2H3. The van der Waals surface area contributed by atoms with Gasteiger partial charge in [-0.3, -0.25) is 4.79 Å². The van der Waals surface area contributed by atoms with Crippen molar-refractivity contribution in [2.45, 2.75) is 32.2 Å². The van der Waals surface area contributed by atoms with Gasteiger partial charge in [0.25, 0.3) is 0 Å². The summed E-state index contributed by atoms with van der Waals surface area (Å²) in [6.07, 6.45) is 2.58. The van der Waals surface area contributed by atoms with Crippen molar-refractivity contribution in [1.82, 2.24) is 9.80 Å². The molecule has 0 aromatic heterocycles. The molecule has 2 fully saturated rings. The predicted octanol–water partition coefficient (Wildman–Crippen LogP) is 0.295. The summed E-state index contributed by atoms with van der Waals surface area (Å²) in [6.45, 7) is 6.76. The first-order valence-electron chi connectivity index (χ1n) is 7.36. The van der Waals surface area contributed by atoms with Crippen LogP contribution in [0.3, 0.4) is 0 Å². The highest BCUT2D eigenvalue weighted by atomic mass is 16.5. The highest BCUT2D eigenvalue weighted by molar-refractivity contribution is 5.83. The number of carbonyl (C=O) groups is 1. The van der Waals surface area contributed by atoms with Crippen molar-refractivity contribution >= 4 is 5.91 Å². The highest BCUT2D eigenvalue weighted by Crippen LogP contribution is 2.32. The van der Waals surface area contributed by atoms with Crippen LogP contribution in [-0.4, -0.2) is 68.2 Å². The molecule has 2 N–H and O–H groups in total. The molecule has 110 valence electrons. The lowest BCUT2D eigenvalue weighted by Gasteiger charge is -2.40. The number of hydrogen-bond donors (Lipinski definition) is 1. The van der Waals surface area contributed by atoms with Crippen molar-refractivity contribution in [3.63, 3.8) is 0 Å². The van der Waals surface area contributed by atoms with Crippen LogP contribution in [0.2, 0.25) is 0 Å². The van der Waals surface area contributed by atoms with E-state index in [0.717, 1.165) is 38.9 Å². The SMILES string of the molecule is CC1CN(C)CCCN1C(=O)C1(CN)CCOCC1. The number of rotatable bonds is 2. The van der Waals surface area contributed by atoms with E-state index in [1.807, 2.05) is 0 Å². The van der Waals surface area contributed by atoms with Gasteiger partial charge in [-0.2, -0.15) is 0 Å². The Morgan fingerprint density at radius 1 is 1.37 bits per heavy atom. The number of likely N-dealkylation sites (N-methyl/N-ethyl adjacent to an activating group) is 1. The van der Waals surface area contributed by atoms with Gasteiger partial charge >= 0.3 is 0 Å². The Bertz CT molecular complexity index is 316. The van der Waals surface area contributed by atoms with Gasteiger partial charge in [0.1, 0.15) is 0 Å². The van der Waals surface area contributed by atoms with Crippen molar-refractivity contribution in [1.29, 1.82) is 0 Å². The molecule has 0 aliphatic carbocycles. The third kappa shape index (κ3) is 3.09. The van der Waals surface area contributed by atoms with Crippen LogP contribution >= 0.6 is 0 Å². The highest BCUT2D eigenvalue weighted by Gasteiger charge is 2.42. The van der Waals surface area contributed by atoms with Crippen molar-refractivity contribution in [2.24, 2.45) is 11.1 Å². The summed E-state index contributed by atoms with van der Waals surface area (Å²) in [5.74, 6) is 0.251. The molecular formula is C14H27N3O2. The molecule has 2 aliphatic heterocycles. The van der Waals surface area contributed by atoms with Crippen LogP contribution in [0, 0.1) is 5.41 Å². The summed E-state index contributed by atoms with van der Waals surface area (Å²) in [7, 11) is 2.12. The van der Waals surface area contributed by atoms with Crippen molar-refractivity contribution in [2.75, 3.05) is 46.4 Å². The molecule has 1 atom stereocenters. The Kier molecular flexibility index (Phi) is 4.81. The first kappa shape index (κ1) is 14.8. The second-order valence-electron chi connectivity index (χ2n) is 6.06. The van der Waals surface area contributed by atoms with Gasteiger partial charge in [-0.1, -0.05) is 0 Å². The summed E-state index contributed by atoms with van der Waals surface area (Å²) in [5.41, 5.74) is 5.56. The van der Waals surface area contributed by atoms with Crippen LogP contribution < -0.4 is 5.73 Å². The van der Waals surface area contributed by atoms with E-state index >= 15 is 0 Å². The average Bonchev–Trinajstić information content (AvgIpc) is 2.59. The van der Waals surface area contributed by atoms with Crippen LogP contribution in [0.4, 0.5) is 0 Å². The molecule has 0 aromatic rings. The number of ether oxygens (including phenoxy) is 1. The molecule has 2 heterocycles. The molecule has 0 bridgehead atoms. The van der Waals surface area contributed by atoms with Gasteiger partial charge in [0.05, 0.1) is 5.41 Å². The number of amides is 1. The lowest BCUT2D eigenvalue weighted by Crippen LogP contribution is -2.54. The molecular weight excluding hydrogens is 242 g/mol. The summed E-state index contributed by atoms with van der Waals surface area (Å²) in [5, 5.41) is 0. The summed E-state index contributed by atoms with van der Waals surface area (Å²) < 4.78 is 5.40. The van der Waals surface area contributed by atoms with Crippen molar-refractivity contribution in [3.8, 4) is 0 Å².